The summed E-state index contributed by atoms with van der Waals surface area (Å²) in [6.45, 7) is 6.22. The molecule has 2 rings (SSSR count). The van der Waals surface area contributed by atoms with Gasteiger partial charge in [-0.3, -0.25) is 0 Å². The summed E-state index contributed by atoms with van der Waals surface area (Å²) in [5, 5.41) is 3.52. The molecule has 0 unspecified atom stereocenters. The smallest absolute Gasteiger partial charge is 0.122 e. The van der Waals surface area contributed by atoms with Crippen LogP contribution >= 0.6 is 0 Å². The van der Waals surface area contributed by atoms with Crippen molar-refractivity contribution >= 4 is 0 Å². The van der Waals surface area contributed by atoms with Gasteiger partial charge < -0.3 is 10.1 Å². The molecule has 0 spiro atoms. The van der Waals surface area contributed by atoms with E-state index in [1.54, 1.807) is 0 Å². The Balaban J connectivity index is 1.61. The lowest BCUT2D eigenvalue weighted by molar-refractivity contribution is 0.303. The lowest BCUT2D eigenvalue weighted by Gasteiger charge is -2.10. The van der Waals surface area contributed by atoms with E-state index in [9.17, 15) is 0 Å². The number of benzene rings is 1. The van der Waals surface area contributed by atoms with E-state index in [0.29, 0.717) is 0 Å². The summed E-state index contributed by atoms with van der Waals surface area (Å²) in [5.41, 5.74) is 2.57. The summed E-state index contributed by atoms with van der Waals surface area (Å²) in [5.74, 6) is 1.04. The van der Waals surface area contributed by atoms with Gasteiger partial charge in [-0.25, -0.2) is 0 Å². The molecule has 0 amide bonds. The van der Waals surface area contributed by atoms with Gasteiger partial charge in [0.15, 0.2) is 0 Å². The summed E-state index contributed by atoms with van der Waals surface area (Å²) < 4.78 is 5.81. The molecule has 94 valence electrons. The first-order chi connectivity index (χ1) is 8.27. The second kappa shape index (κ2) is 6.06. The predicted octanol–water partition coefficient (Wildman–Crippen LogP) is 3.21. The molecule has 17 heavy (non-hydrogen) atoms. The van der Waals surface area contributed by atoms with Crippen LogP contribution in [0.1, 0.15) is 36.8 Å². The Bertz CT molecular complexity index is 358. The number of nitrogens with one attached hydrogen (secondary N) is 1. The summed E-state index contributed by atoms with van der Waals surface area (Å²) >= 11 is 0. The standard InChI is InChI=1S/C15H23NO/c1-12-6-5-7-15(13(12)2)17-11-4-3-10-16-14-8-9-14/h5-7,14,16H,3-4,8-11H2,1-2H3. The van der Waals surface area contributed by atoms with Crippen molar-refractivity contribution in [1.29, 1.82) is 0 Å². The normalized spacial score (nSPS) is 14.9. The molecule has 2 nitrogen and oxygen atoms in total. The van der Waals surface area contributed by atoms with E-state index in [4.69, 9.17) is 4.74 Å². The van der Waals surface area contributed by atoms with Gasteiger partial charge in [0.05, 0.1) is 6.61 Å². The number of hydrogen-bond donors (Lipinski definition) is 1. The molecule has 0 saturated heterocycles. The Morgan fingerprint density at radius 2 is 2.06 bits per heavy atom. The molecular weight excluding hydrogens is 210 g/mol. The van der Waals surface area contributed by atoms with Crippen molar-refractivity contribution < 1.29 is 4.74 Å². The van der Waals surface area contributed by atoms with E-state index in [-0.39, 0.29) is 0 Å². The minimum Gasteiger partial charge on any atom is -0.493 e. The number of aryl methyl sites for hydroxylation is 1. The minimum absolute atomic E-state index is 0.829. The average Bonchev–Trinajstić information content (AvgIpc) is 3.12. The highest BCUT2D eigenvalue weighted by molar-refractivity contribution is 5.38. The number of unbranched alkanes of at least 4 members (excludes halogenated alkanes) is 1. The Morgan fingerprint density at radius 3 is 2.82 bits per heavy atom. The van der Waals surface area contributed by atoms with Crippen LogP contribution in [0.4, 0.5) is 0 Å². The van der Waals surface area contributed by atoms with Crippen molar-refractivity contribution in [2.45, 2.75) is 45.6 Å². The molecular formula is C15H23NO. The third-order valence-corrected chi connectivity index (χ3v) is 3.39. The molecule has 1 aliphatic carbocycles. The fraction of sp³-hybridized carbons (Fsp3) is 0.600. The first kappa shape index (κ1) is 12.4. The Morgan fingerprint density at radius 1 is 1.24 bits per heavy atom. The molecule has 1 N–H and O–H groups in total. The van der Waals surface area contributed by atoms with Crippen LogP contribution < -0.4 is 10.1 Å². The molecule has 1 aromatic carbocycles. The first-order valence-corrected chi connectivity index (χ1v) is 6.70. The Hall–Kier alpha value is -1.02. The molecule has 1 aliphatic rings. The number of ether oxygens (including phenoxy) is 1. The van der Waals surface area contributed by atoms with Crippen molar-refractivity contribution in [3.05, 3.63) is 29.3 Å². The largest absolute Gasteiger partial charge is 0.493 e. The highest BCUT2D eigenvalue weighted by Crippen LogP contribution is 2.21. The van der Waals surface area contributed by atoms with Crippen LogP contribution in [0, 0.1) is 13.8 Å². The Kier molecular flexibility index (Phi) is 4.43. The minimum atomic E-state index is 0.829. The summed E-state index contributed by atoms with van der Waals surface area (Å²) in [4.78, 5) is 0. The van der Waals surface area contributed by atoms with Gasteiger partial charge in [-0.05, 0) is 63.3 Å². The molecule has 0 aromatic heterocycles. The monoisotopic (exact) mass is 233 g/mol. The molecule has 0 heterocycles. The summed E-state index contributed by atoms with van der Waals surface area (Å²) in [7, 11) is 0. The van der Waals surface area contributed by atoms with Gasteiger partial charge in [-0.2, -0.15) is 0 Å². The van der Waals surface area contributed by atoms with E-state index >= 15 is 0 Å². The van der Waals surface area contributed by atoms with Crippen LogP contribution in [0.2, 0.25) is 0 Å². The van der Waals surface area contributed by atoms with E-state index in [2.05, 4.69) is 37.4 Å². The van der Waals surface area contributed by atoms with Crippen molar-refractivity contribution in [2.24, 2.45) is 0 Å². The van der Waals surface area contributed by atoms with Crippen LogP contribution in [-0.2, 0) is 0 Å². The van der Waals surface area contributed by atoms with Gasteiger partial charge in [-0.15, -0.1) is 0 Å². The molecule has 1 saturated carbocycles. The summed E-state index contributed by atoms with van der Waals surface area (Å²) in [6.07, 6.45) is 5.09. The highest BCUT2D eigenvalue weighted by atomic mass is 16.5. The second-order valence-electron chi connectivity index (χ2n) is 4.98. The fourth-order valence-electron chi connectivity index (χ4n) is 1.88. The quantitative estimate of drug-likeness (QED) is 0.730. The zero-order valence-electron chi connectivity index (χ0n) is 11.0. The lowest BCUT2D eigenvalue weighted by Crippen LogP contribution is -2.17. The maximum Gasteiger partial charge on any atom is 0.122 e. The maximum absolute atomic E-state index is 5.81. The first-order valence-electron chi connectivity index (χ1n) is 6.70. The van der Waals surface area contributed by atoms with Crippen molar-refractivity contribution in [3.63, 3.8) is 0 Å². The van der Waals surface area contributed by atoms with E-state index in [1.165, 1.54) is 30.4 Å². The van der Waals surface area contributed by atoms with Gasteiger partial charge in [-0.1, -0.05) is 12.1 Å². The van der Waals surface area contributed by atoms with Crippen LogP contribution in [0.5, 0.6) is 5.75 Å². The molecule has 0 bridgehead atoms. The molecule has 2 heteroatoms. The van der Waals surface area contributed by atoms with Crippen LogP contribution in [-0.4, -0.2) is 19.2 Å². The average molecular weight is 233 g/mol. The Labute approximate surface area is 104 Å². The van der Waals surface area contributed by atoms with E-state index in [1.807, 2.05) is 0 Å². The second-order valence-corrected chi connectivity index (χ2v) is 4.98. The van der Waals surface area contributed by atoms with Crippen LogP contribution in [0.15, 0.2) is 18.2 Å². The van der Waals surface area contributed by atoms with Gasteiger partial charge >= 0.3 is 0 Å². The van der Waals surface area contributed by atoms with Crippen LogP contribution in [0.3, 0.4) is 0 Å². The zero-order valence-corrected chi connectivity index (χ0v) is 11.0. The zero-order chi connectivity index (χ0) is 12.1. The molecule has 1 fully saturated rings. The predicted molar refractivity (Wildman–Crippen MR) is 71.7 cm³/mol. The number of hydrogen-bond acceptors (Lipinski definition) is 2. The van der Waals surface area contributed by atoms with Crippen LogP contribution in [0.25, 0.3) is 0 Å². The molecule has 1 aromatic rings. The van der Waals surface area contributed by atoms with Crippen molar-refractivity contribution in [2.75, 3.05) is 13.2 Å². The number of rotatable bonds is 7. The van der Waals surface area contributed by atoms with E-state index < -0.39 is 0 Å². The van der Waals surface area contributed by atoms with E-state index in [0.717, 1.165) is 31.4 Å². The van der Waals surface area contributed by atoms with Gasteiger partial charge in [0.1, 0.15) is 5.75 Å². The topological polar surface area (TPSA) is 21.3 Å². The SMILES string of the molecule is Cc1cccc(OCCCCNC2CC2)c1C. The highest BCUT2D eigenvalue weighted by Gasteiger charge is 2.19. The van der Waals surface area contributed by atoms with Crippen molar-refractivity contribution in [1.82, 2.24) is 5.32 Å². The van der Waals surface area contributed by atoms with Gasteiger partial charge in [0, 0.05) is 6.04 Å². The van der Waals surface area contributed by atoms with Gasteiger partial charge in [0.25, 0.3) is 0 Å². The third kappa shape index (κ3) is 4.04. The lowest BCUT2D eigenvalue weighted by atomic mass is 10.1. The van der Waals surface area contributed by atoms with Gasteiger partial charge in [0.2, 0.25) is 0 Å². The fourth-order valence-corrected chi connectivity index (χ4v) is 1.88. The summed E-state index contributed by atoms with van der Waals surface area (Å²) in [6, 6.07) is 7.08. The maximum atomic E-state index is 5.81. The molecule has 0 radical (unpaired) electrons. The van der Waals surface area contributed by atoms with Crippen molar-refractivity contribution in [3.8, 4) is 5.75 Å². The molecule has 0 atom stereocenters. The third-order valence-electron chi connectivity index (χ3n) is 3.39. The molecule has 0 aliphatic heterocycles.